The number of carbonyl (C=O) groups excluding carboxylic acids is 2. The van der Waals surface area contributed by atoms with Crippen LogP contribution in [0.3, 0.4) is 0 Å². The van der Waals surface area contributed by atoms with E-state index in [1.165, 1.54) is 18.2 Å². The fourth-order valence-corrected chi connectivity index (χ4v) is 2.93. The van der Waals surface area contributed by atoms with Crippen molar-refractivity contribution in [1.82, 2.24) is 9.80 Å². The van der Waals surface area contributed by atoms with Crippen LogP contribution in [0, 0.1) is 0 Å². The lowest BCUT2D eigenvalue weighted by Gasteiger charge is -2.34. The Hall–Kier alpha value is -3.22. The lowest BCUT2D eigenvalue weighted by molar-refractivity contribution is -0.127. The van der Waals surface area contributed by atoms with Gasteiger partial charge in [-0.05, 0) is 35.9 Å². The van der Waals surface area contributed by atoms with Crippen molar-refractivity contribution >= 4 is 17.9 Å². The highest BCUT2D eigenvalue weighted by Gasteiger charge is 2.23. The van der Waals surface area contributed by atoms with Crippen molar-refractivity contribution in [2.75, 3.05) is 26.2 Å². The number of rotatable bonds is 5. The predicted octanol–water partition coefficient (Wildman–Crippen LogP) is 3.29. The van der Waals surface area contributed by atoms with Gasteiger partial charge < -0.3 is 14.5 Å². The van der Waals surface area contributed by atoms with E-state index in [4.69, 9.17) is 0 Å². The molecule has 0 unspecified atom stereocenters. The van der Waals surface area contributed by atoms with Gasteiger partial charge in [0.15, 0.2) is 0 Å². The summed E-state index contributed by atoms with van der Waals surface area (Å²) >= 11 is 0. The lowest BCUT2D eigenvalue weighted by atomic mass is 10.1. The number of nitrogens with zero attached hydrogens (tertiary/aromatic N) is 2. The first-order chi connectivity index (χ1) is 13.5. The first-order valence-corrected chi connectivity index (χ1v) is 8.89. The number of piperazine rings is 1. The summed E-state index contributed by atoms with van der Waals surface area (Å²) in [5, 5.41) is 0. The van der Waals surface area contributed by atoms with Crippen LogP contribution in [-0.4, -0.2) is 54.4 Å². The maximum absolute atomic E-state index is 12.4. The Morgan fingerprint density at radius 2 is 1.50 bits per heavy atom. The maximum Gasteiger partial charge on any atom is 0.387 e. The highest BCUT2D eigenvalue weighted by atomic mass is 19.3. The molecule has 1 fully saturated rings. The highest BCUT2D eigenvalue weighted by Crippen LogP contribution is 2.16. The number of benzene rings is 2. The predicted molar refractivity (Wildman–Crippen MR) is 101 cm³/mol. The molecule has 0 atom stereocenters. The molecular weight excluding hydrogens is 366 g/mol. The van der Waals surface area contributed by atoms with E-state index in [0.29, 0.717) is 37.3 Å². The molecule has 0 N–H and O–H groups in total. The first kappa shape index (κ1) is 19.5. The fourth-order valence-electron chi connectivity index (χ4n) is 2.93. The third kappa shape index (κ3) is 5.16. The molecule has 0 spiro atoms. The Balaban J connectivity index is 1.51. The summed E-state index contributed by atoms with van der Waals surface area (Å²) in [6, 6.07) is 15.1. The smallest absolute Gasteiger partial charge is 0.387 e. The van der Waals surface area contributed by atoms with E-state index >= 15 is 0 Å². The summed E-state index contributed by atoms with van der Waals surface area (Å²) in [4.78, 5) is 28.2. The molecule has 1 aliphatic heterocycles. The van der Waals surface area contributed by atoms with Crippen LogP contribution in [0.5, 0.6) is 5.75 Å². The zero-order valence-electron chi connectivity index (χ0n) is 15.1. The van der Waals surface area contributed by atoms with Gasteiger partial charge in [0.1, 0.15) is 5.75 Å². The third-order valence-corrected chi connectivity index (χ3v) is 4.42. The van der Waals surface area contributed by atoms with Gasteiger partial charge in [0.25, 0.3) is 5.91 Å². The average molecular weight is 386 g/mol. The molecule has 1 aliphatic rings. The average Bonchev–Trinajstić information content (AvgIpc) is 2.73. The molecule has 0 aromatic heterocycles. The van der Waals surface area contributed by atoms with Crippen molar-refractivity contribution < 1.29 is 23.1 Å². The van der Waals surface area contributed by atoms with Gasteiger partial charge in [-0.1, -0.05) is 30.3 Å². The van der Waals surface area contributed by atoms with Crippen molar-refractivity contribution in [3.63, 3.8) is 0 Å². The normalized spacial score (nSPS) is 14.5. The van der Waals surface area contributed by atoms with E-state index in [1.807, 2.05) is 18.2 Å². The number of ether oxygens (including phenoxy) is 1. The van der Waals surface area contributed by atoms with Crippen LogP contribution in [0.4, 0.5) is 8.78 Å². The van der Waals surface area contributed by atoms with Gasteiger partial charge in [-0.2, -0.15) is 8.78 Å². The second-order valence-electron chi connectivity index (χ2n) is 6.26. The number of hydrogen-bond donors (Lipinski definition) is 0. The number of hydrogen-bond acceptors (Lipinski definition) is 3. The molecule has 0 aliphatic carbocycles. The van der Waals surface area contributed by atoms with Crippen LogP contribution < -0.4 is 4.74 Å². The van der Waals surface area contributed by atoms with Crippen molar-refractivity contribution in [2.24, 2.45) is 0 Å². The molecule has 2 amide bonds. The summed E-state index contributed by atoms with van der Waals surface area (Å²) in [6.45, 7) is -0.985. The minimum absolute atomic E-state index is 0.0330. The lowest BCUT2D eigenvalue weighted by Crippen LogP contribution is -2.50. The molecule has 146 valence electrons. The molecule has 1 saturated heterocycles. The molecule has 1 heterocycles. The molecular formula is C21H20F2N2O3. The van der Waals surface area contributed by atoms with E-state index < -0.39 is 6.61 Å². The number of amides is 2. The Labute approximate surface area is 161 Å². The summed E-state index contributed by atoms with van der Waals surface area (Å²) in [7, 11) is 0. The van der Waals surface area contributed by atoms with Crippen LogP contribution >= 0.6 is 0 Å². The SMILES string of the molecule is O=C(/C=C/c1ccc(OC(F)F)cc1)N1CCN(C(=O)c2ccccc2)CC1. The minimum atomic E-state index is -2.87. The molecule has 0 saturated carbocycles. The van der Waals surface area contributed by atoms with E-state index in [2.05, 4.69) is 4.74 Å². The van der Waals surface area contributed by atoms with Crippen LogP contribution in [0.15, 0.2) is 60.7 Å². The largest absolute Gasteiger partial charge is 0.435 e. The molecule has 5 nitrogen and oxygen atoms in total. The van der Waals surface area contributed by atoms with E-state index in [9.17, 15) is 18.4 Å². The second-order valence-corrected chi connectivity index (χ2v) is 6.26. The molecule has 7 heteroatoms. The van der Waals surface area contributed by atoms with E-state index in [0.717, 1.165) is 0 Å². The second kappa shape index (κ2) is 9.12. The number of halogens is 2. The van der Waals surface area contributed by atoms with Crippen LogP contribution in [0.25, 0.3) is 6.08 Å². The summed E-state index contributed by atoms with van der Waals surface area (Å²) in [6.07, 6.45) is 3.06. The summed E-state index contributed by atoms with van der Waals surface area (Å²) < 4.78 is 28.6. The van der Waals surface area contributed by atoms with Gasteiger partial charge in [0.05, 0.1) is 0 Å². The van der Waals surface area contributed by atoms with Crippen molar-refractivity contribution in [1.29, 1.82) is 0 Å². The van der Waals surface area contributed by atoms with Crippen LogP contribution in [0.2, 0.25) is 0 Å². The Bertz CT molecular complexity index is 830. The maximum atomic E-state index is 12.4. The molecule has 0 radical (unpaired) electrons. The van der Waals surface area contributed by atoms with E-state index in [1.54, 1.807) is 40.1 Å². The van der Waals surface area contributed by atoms with Crippen molar-refractivity contribution in [3.05, 3.63) is 71.8 Å². The van der Waals surface area contributed by atoms with E-state index in [-0.39, 0.29) is 17.6 Å². The Morgan fingerprint density at radius 1 is 0.893 bits per heavy atom. The quantitative estimate of drug-likeness (QED) is 0.741. The Kier molecular flexibility index (Phi) is 6.37. The molecule has 2 aromatic rings. The van der Waals surface area contributed by atoms with Crippen molar-refractivity contribution in [3.8, 4) is 5.75 Å². The van der Waals surface area contributed by atoms with Crippen molar-refractivity contribution in [2.45, 2.75) is 6.61 Å². The summed E-state index contributed by atoms with van der Waals surface area (Å²) in [5.74, 6) is -0.119. The molecule has 3 rings (SSSR count). The molecule has 28 heavy (non-hydrogen) atoms. The highest BCUT2D eigenvalue weighted by molar-refractivity contribution is 5.95. The van der Waals surface area contributed by atoms with Gasteiger partial charge in [0, 0.05) is 37.8 Å². The molecule has 0 bridgehead atoms. The third-order valence-electron chi connectivity index (χ3n) is 4.42. The summed E-state index contributed by atoms with van der Waals surface area (Å²) in [5.41, 5.74) is 1.34. The van der Waals surface area contributed by atoms with Crippen LogP contribution in [0.1, 0.15) is 15.9 Å². The van der Waals surface area contributed by atoms with Gasteiger partial charge >= 0.3 is 6.61 Å². The van der Waals surface area contributed by atoms with Gasteiger partial charge in [0.2, 0.25) is 5.91 Å². The fraction of sp³-hybridized carbons (Fsp3) is 0.238. The van der Waals surface area contributed by atoms with Gasteiger partial charge in [-0.3, -0.25) is 9.59 Å². The monoisotopic (exact) mass is 386 g/mol. The standard InChI is InChI=1S/C21H20F2N2O3/c22-21(23)28-18-9-6-16(7-10-18)8-11-19(26)24-12-14-25(15-13-24)20(27)17-4-2-1-3-5-17/h1-11,21H,12-15H2/b11-8+. The zero-order chi connectivity index (χ0) is 19.9. The molecule has 2 aromatic carbocycles. The van der Waals surface area contributed by atoms with Gasteiger partial charge in [-0.15, -0.1) is 0 Å². The number of alkyl halides is 2. The minimum Gasteiger partial charge on any atom is -0.435 e. The number of carbonyl (C=O) groups is 2. The van der Waals surface area contributed by atoms with Crippen LogP contribution in [-0.2, 0) is 4.79 Å². The zero-order valence-corrected chi connectivity index (χ0v) is 15.1. The topological polar surface area (TPSA) is 49.9 Å². The Morgan fingerprint density at radius 3 is 2.11 bits per heavy atom. The first-order valence-electron chi connectivity index (χ1n) is 8.89. The van der Waals surface area contributed by atoms with Gasteiger partial charge in [-0.25, -0.2) is 0 Å².